The summed E-state index contributed by atoms with van der Waals surface area (Å²) in [6.45, 7) is 4.54. The fourth-order valence-corrected chi connectivity index (χ4v) is 2.89. The first kappa shape index (κ1) is 15.8. The number of carbonyl (C=O) groups excluding carboxylic acids is 1. The minimum Gasteiger partial charge on any atom is -0.479 e. The third kappa shape index (κ3) is 3.37. The maximum atomic E-state index is 11.8. The normalized spacial score (nSPS) is 30.7. The smallest absolute Gasteiger partial charge is 0.330 e. The van der Waals surface area contributed by atoms with Crippen molar-refractivity contribution in [3.8, 4) is 0 Å². The monoisotopic (exact) mass is 272 g/mol. The van der Waals surface area contributed by atoms with E-state index in [0.717, 1.165) is 19.3 Å². The van der Waals surface area contributed by atoms with Crippen molar-refractivity contribution in [2.24, 2.45) is 11.8 Å². The van der Waals surface area contributed by atoms with Crippen LogP contribution in [0.1, 0.15) is 33.1 Å². The number of urea groups is 1. The molecule has 0 aromatic heterocycles. The molecule has 1 saturated carbocycles. The predicted molar refractivity (Wildman–Crippen MR) is 71.0 cm³/mol. The van der Waals surface area contributed by atoms with E-state index in [4.69, 9.17) is 4.74 Å². The van der Waals surface area contributed by atoms with Gasteiger partial charge in [0.15, 0.2) is 0 Å². The number of hydrogen-bond donors (Lipinski definition) is 3. The summed E-state index contributed by atoms with van der Waals surface area (Å²) in [5.74, 6) is -1.11. The van der Waals surface area contributed by atoms with Crippen LogP contribution >= 0.6 is 0 Å². The van der Waals surface area contributed by atoms with Gasteiger partial charge in [-0.25, -0.2) is 9.59 Å². The van der Waals surface area contributed by atoms with Crippen LogP contribution in [-0.4, -0.2) is 42.9 Å². The van der Waals surface area contributed by atoms with E-state index in [1.807, 2.05) is 13.8 Å². The Labute approximate surface area is 113 Å². The molecule has 1 aliphatic carbocycles. The summed E-state index contributed by atoms with van der Waals surface area (Å²) in [5.41, 5.74) is -1.17. The van der Waals surface area contributed by atoms with E-state index in [9.17, 15) is 14.7 Å². The predicted octanol–water partition coefficient (Wildman–Crippen LogP) is 1.21. The van der Waals surface area contributed by atoms with Crippen LogP contribution in [0.3, 0.4) is 0 Å². The minimum absolute atomic E-state index is 0.0816. The Hall–Kier alpha value is -1.30. The molecule has 0 aromatic rings. The lowest BCUT2D eigenvalue weighted by molar-refractivity contribution is -0.151. The summed E-state index contributed by atoms with van der Waals surface area (Å²) in [6, 6.07) is -0.444. The number of amides is 2. The van der Waals surface area contributed by atoms with Gasteiger partial charge in [-0.05, 0) is 24.7 Å². The topological polar surface area (TPSA) is 87.7 Å². The summed E-state index contributed by atoms with van der Waals surface area (Å²) in [5, 5.41) is 14.9. The third-order valence-electron chi connectivity index (χ3n) is 4.09. The third-order valence-corrected chi connectivity index (χ3v) is 4.09. The van der Waals surface area contributed by atoms with Crippen molar-refractivity contribution < 1.29 is 19.4 Å². The number of aliphatic carboxylic acids is 1. The molecule has 110 valence electrons. The first-order valence-corrected chi connectivity index (χ1v) is 6.73. The molecule has 19 heavy (non-hydrogen) atoms. The van der Waals surface area contributed by atoms with Crippen LogP contribution in [0.4, 0.5) is 4.79 Å². The molecule has 0 spiro atoms. The number of hydrogen-bond acceptors (Lipinski definition) is 3. The number of carbonyl (C=O) groups is 2. The zero-order chi connectivity index (χ0) is 14.5. The largest absolute Gasteiger partial charge is 0.479 e. The van der Waals surface area contributed by atoms with Crippen molar-refractivity contribution in [3.05, 3.63) is 0 Å². The van der Waals surface area contributed by atoms with Crippen LogP contribution in [-0.2, 0) is 9.53 Å². The number of nitrogens with one attached hydrogen (secondary N) is 2. The summed E-state index contributed by atoms with van der Waals surface area (Å²) < 4.78 is 4.84. The second-order valence-corrected chi connectivity index (χ2v) is 5.28. The molecule has 6 nitrogen and oxygen atoms in total. The van der Waals surface area contributed by atoms with E-state index in [2.05, 4.69) is 10.6 Å². The van der Waals surface area contributed by atoms with E-state index in [1.54, 1.807) is 7.11 Å². The van der Waals surface area contributed by atoms with E-state index >= 15 is 0 Å². The van der Waals surface area contributed by atoms with Crippen LogP contribution in [0.25, 0.3) is 0 Å². The lowest BCUT2D eigenvalue weighted by atomic mass is 9.67. The van der Waals surface area contributed by atoms with Crippen LogP contribution in [0.5, 0.6) is 0 Å². The Balaban J connectivity index is 2.76. The molecule has 2 atom stereocenters. The van der Waals surface area contributed by atoms with Gasteiger partial charge in [-0.3, -0.25) is 0 Å². The molecule has 0 saturated heterocycles. The summed E-state index contributed by atoms with van der Waals surface area (Å²) in [4.78, 5) is 23.5. The van der Waals surface area contributed by atoms with Gasteiger partial charge in [0.25, 0.3) is 0 Å². The van der Waals surface area contributed by atoms with Crippen LogP contribution < -0.4 is 10.6 Å². The highest BCUT2D eigenvalue weighted by atomic mass is 16.5. The maximum Gasteiger partial charge on any atom is 0.330 e. The molecule has 1 aliphatic rings. The Morgan fingerprint density at radius 2 is 1.89 bits per heavy atom. The number of carboxylic acids is 1. The van der Waals surface area contributed by atoms with Gasteiger partial charge in [-0.1, -0.05) is 20.3 Å². The first-order chi connectivity index (χ1) is 8.95. The lowest BCUT2D eigenvalue weighted by Crippen LogP contribution is -2.65. The highest BCUT2D eigenvalue weighted by Crippen LogP contribution is 2.38. The summed E-state index contributed by atoms with van der Waals surface area (Å²) in [6.07, 6.45) is 2.63. The zero-order valence-corrected chi connectivity index (χ0v) is 11.9. The van der Waals surface area contributed by atoms with Crippen molar-refractivity contribution in [2.75, 3.05) is 20.3 Å². The summed E-state index contributed by atoms with van der Waals surface area (Å²) >= 11 is 0. The molecular formula is C13H24N2O4. The lowest BCUT2D eigenvalue weighted by Gasteiger charge is -2.44. The molecule has 0 aliphatic heterocycles. The van der Waals surface area contributed by atoms with Crippen molar-refractivity contribution >= 4 is 12.0 Å². The Bertz CT molecular complexity index is 323. The Morgan fingerprint density at radius 1 is 1.32 bits per heavy atom. The molecule has 2 amide bonds. The average Bonchev–Trinajstić information content (AvgIpc) is 2.34. The molecular weight excluding hydrogens is 248 g/mol. The van der Waals surface area contributed by atoms with Gasteiger partial charge in [-0.15, -0.1) is 0 Å². The van der Waals surface area contributed by atoms with E-state index in [-0.39, 0.29) is 11.8 Å². The second kappa shape index (κ2) is 6.75. The SMILES string of the molecule is COCCNC(=O)NC1(C(=O)O)C(C)CCCC1C. The van der Waals surface area contributed by atoms with Gasteiger partial charge in [0.1, 0.15) is 5.54 Å². The molecule has 2 unspecified atom stereocenters. The second-order valence-electron chi connectivity index (χ2n) is 5.28. The van der Waals surface area contributed by atoms with Crippen molar-refractivity contribution in [1.82, 2.24) is 10.6 Å². The molecule has 0 radical (unpaired) electrons. The number of ether oxygens (including phenoxy) is 1. The molecule has 3 N–H and O–H groups in total. The highest BCUT2D eigenvalue weighted by Gasteiger charge is 2.51. The van der Waals surface area contributed by atoms with Crippen LogP contribution in [0.15, 0.2) is 0 Å². The van der Waals surface area contributed by atoms with Crippen molar-refractivity contribution in [1.29, 1.82) is 0 Å². The fraction of sp³-hybridized carbons (Fsp3) is 0.846. The van der Waals surface area contributed by atoms with Gasteiger partial charge >= 0.3 is 12.0 Å². The highest BCUT2D eigenvalue weighted by molar-refractivity contribution is 5.87. The fourth-order valence-electron chi connectivity index (χ4n) is 2.89. The van der Waals surface area contributed by atoms with E-state index in [0.29, 0.717) is 13.2 Å². The number of rotatable bonds is 5. The first-order valence-electron chi connectivity index (χ1n) is 6.73. The standard InChI is InChI=1S/C13H24N2O4/c1-9-5-4-6-10(2)13(9,11(16)17)15-12(18)14-7-8-19-3/h9-10H,4-8H2,1-3H3,(H,16,17)(H2,14,15,18). The van der Waals surface area contributed by atoms with Gasteiger partial charge < -0.3 is 20.5 Å². The van der Waals surface area contributed by atoms with Gasteiger partial charge in [0.05, 0.1) is 6.61 Å². The minimum atomic E-state index is -1.17. The molecule has 0 heterocycles. The van der Waals surface area contributed by atoms with Gasteiger partial charge in [-0.2, -0.15) is 0 Å². The van der Waals surface area contributed by atoms with Crippen molar-refractivity contribution in [3.63, 3.8) is 0 Å². The van der Waals surface area contributed by atoms with Gasteiger partial charge in [0, 0.05) is 13.7 Å². The molecule has 6 heteroatoms. The van der Waals surface area contributed by atoms with Crippen LogP contribution in [0.2, 0.25) is 0 Å². The molecule has 0 bridgehead atoms. The Kier molecular flexibility index (Phi) is 5.60. The van der Waals surface area contributed by atoms with E-state index in [1.165, 1.54) is 0 Å². The molecule has 1 rings (SSSR count). The van der Waals surface area contributed by atoms with Gasteiger partial charge in [0.2, 0.25) is 0 Å². The average molecular weight is 272 g/mol. The molecule has 0 aromatic carbocycles. The summed E-state index contributed by atoms with van der Waals surface area (Å²) in [7, 11) is 1.55. The Morgan fingerprint density at radius 3 is 2.37 bits per heavy atom. The quantitative estimate of drug-likeness (QED) is 0.656. The number of methoxy groups -OCH3 is 1. The number of carboxylic acid groups (broad SMARTS) is 1. The molecule has 1 fully saturated rings. The van der Waals surface area contributed by atoms with E-state index < -0.39 is 17.5 Å². The zero-order valence-electron chi connectivity index (χ0n) is 11.9. The van der Waals surface area contributed by atoms with Crippen molar-refractivity contribution in [2.45, 2.75) is 38.6 Å². The maximum absolute atomic E-state index is 11.8. The van der Waals surface area contributed by atoms with Crippen LogP contribution in [0, 0.1) is 11.8 Å².